The third-order valence-electron chi connectivity index (χ3n) is 4.46. The average Bonchev–Trinajstić information content (AvgIpc) is 3.17. The molecular formula is C21H35N2O6P. The number of likely N-dealkylation sites (tertiary alicyclic amines) is 1. The van der Waals surface area contributed by atoms with E-state index in [9.17, 15) is 19.8 Å². The maximum absolute atomic E-state index is 12.3. The molecule has 0 bridgehead atoms. The van der Waals surface area contributed by atoms with Gasteiger partial charge < -0.3 is 29.1 Å². The maximum Gasteiger partial charge on any atom is 0.327 e. The summed E-state index contributed by atoms with van der Waals surface area (Å²) in [5.74, 6) is 0.559. The first-order valence-electron chi connectivity index (χ1n) is 10.2. The van der Waals surface area contributed by atoms with Gasteiger partial charge in [-0.1, -0.05) is 27.7 Å². The van der Waals surface area contributed by atoms with Gasteiger partial charge in [-0.3, -0.25) is 4.79 Å². The van der Waals surface area contributed by atoms with Crippen LogP contribution in [-0.4, -0.2) is 51.1 Å². The molecule has 1 fully saturated rings. The van der Waals surface area contributed by atoms with Crippen molar-refractivity contribution in [3.8, 4) is 11.8 Å². The van der Waals surface area contributed by atoms with Gasteiger partial charge in [-0.2, -0.15) is 5.26 Å². The van der Waals surface area contributed by atoms with Crippen LogP contribution >= 0.6 is 8.60 Å². The van der Waals surface area contributed by atoms with Gasteiger partial charge in [0.25, 0.3) is 0 Å². The smallest absolute Gasteiger partial charge is 0.327 e. The van der Waals surface area contributed by atoms with Gasteiger partial charge in [0.2, 0.25) is 5.91 Å². The molecule has 3 N–H and O–H groups in total. The molecule has 170 valence electrons. The molecule has 2 unspecified atom stereocenters. The number of rotatable bonds is 3. The van der Waals surface area contributed by atoms with E-state index in [4.69, 9.17) is 14.4 Å². The zero-order chi connectivity index (χ0) is 23.5. The summed E-state index contributed by atoms with van der Waals surface area (Å²) >= 11 is 0. The van der Waals surface area contributed by atoms with Crippen LogP contribution in [0, 0.1) is 11.3 Å². The standard InChI is InChI=1S/C16H19N2O5P.2C2H6.CH4O/c1-16(2)15(23-24(20)21)14(18-7-3-4-13(18)19)11-8-10(9-17)5-6-12(11)22-16;3*1-2/h5-6,8,14-15,20-21H,3-4,7H2,1-2H3;2*1-2H3;2H,1H3. The highest BCUT2D eigenvalue weighted by Gasteiger charge is 2.50. The highest BCUT2D eigenvalue weighted by atomic mass is 31.2. The number of nitrogens with zero attached hydrogens (tertiary/aromatic N) is 2. The number of benzene rings is 1. The lowest BCUT2D eigenvalue weighted by molar-refractivity contribution is -0.138. The molecule has 0 aromatic heterocycles. The molecule has 0 radical (unpaired) electrons. The van der Waals surface area contributed by atoms with Crippen molar-refractivity contribution < 1.29 is 28.9 Å². The molecule has 9 heteroatoms. The van der Waals surface area contributed by atoms with Crippen molar-refractivity contribution in [2.75, 3.05) is 13.7 Å². The predicted molar refractivity (Wildman–Crippen MR) is 117 cm³/mol. The molecule has 0 saturated carbocycles. The van der Waals surface area contributed by atoms with E-state index in [1.807, 2.05) is 27.7 Å². The Hall–Kier alpha value is -1.75. The van der Waals surface area contributed by atoms with E-state index in [2.05, 4.69) is 6.07 Å². The number of hydrogen-bond acceptors (Lipinski definition) is 7. The molecule has 1 saturated heterocycles. The van der Waals surface area contributed by atoms with E-state index in [1.165, 1.54) is 0 Å². The fraction of sp³-hybridized carbons (Fsp3) is 0.619. The predicted octanol–water partition coefficient (Wildman–Crippen LogP) is 3.65. The van der Waals surface area contributed by atoms with Gasteiger partial charge in [-0.25, -0.2) is 0 Å². The van der Waals surface area contributed by atoms with Crippen molar-refractivity contribution in [2.24, 2.45) is 0 Å². The van der Waals surface area contributed by atoms with Crippen LogP contribution in [0.2, 0.25) is 0 Å². The first kappa shape index (κ1) is 28.2. The minimum Gasteiger partial charge on any atom is -0.485 e. The van der Waals surface area contributed by atoms with Gasteiger partial charge in [0.05, 0.1) is 17.7 Å². The van der Waals surface area contributed by atoms with Gasteiger partial charge in [0.15, 0.2) is 0 Å². The van der Waals surface area contributed by atoms with E-state index < -0.39 is 26.3 Å². The average molecular weight is 442 g/mol. The zero-order valence-corrected chi connectivity index (χ0v) is 19.8. The summed E-state index contributed by atoms with van der Waals surface area (Å²) in [6, 6.07) is 6.59. The first-order chi connectivity index (χ1) is 14.3. The lowest BCUT2D eigenvalue weighted by atomic mass is 9.85. The van der Waals surface area contributed by atoms with Gasteiger partial charge in [-0.05, 0) is 38.5 Å². The molecule has 1 aromatic rings. The fourth-order valence-corrected chi connectivity index (χ4v) is 3.98. The van der Waals surface area contributed by atoms with E-state index in [0.29, 0.717) is 29.8 Å². The molecule has 8 nitrogen and oxygen atoms in total. The second-order valence-corrected chi connectivity index (χ2v) is 7.20. The molecule has 2 aliphatic heterocycles. The number of amides is 1. The van der Waals surface area contributed by atoms with Crippen molar-refractivity contribution in [3.05, 3.63) is 29.3 Å². The normalized spacial score (nSPS) is 20.9. The third kappa shape index (κ3) is 6.63. The highest BCUT2D eigenvalue weighted by Crippen LogP contribution is 2.48. The van der Waals surface area contributed by atoms with Crippen LogP contribution < -0.4 is 4.74 Å². The summed E-state index contributed by atoms with van der Waals surface area (Å²) < 4.78 is 11.4. The van der Waals surface area contributed by atoms with Gasteiger partial charge in [0.1, 0.15) is 17.5 Å². The number of fused-ring (bicyclic) bond motifs is 1. The molecule has 30 heavy (non-hydrogen) atoms. The van der Waals surface area contributed by atoms with Crippen LogP contribution in [0.4, 0.5) is 0 Å². The van der Waals surface area contributed by atoms with Gasteiger partial charge in [0, 0.05) is 25.6 Å². The molecule has 2 heterocycles. The Morgan fingerprint density at radius 1 is 1.23 bits per heavy atom. The second kappa shape index (κ2) is 13.5. The van der Waals surface area contributed by atoms with Crippen LogP contribution in [0.3, 0.4) is 0 Å². The monoisotopic (exact) mass is 442 g/mol. The number of ether oxygens (including phenoxy) is 1. The van der Waals surface area contributed by atoms with Crippen LogP contribution in [0.15, 0.2) is 18.2 Å². The third-order valence-corrected chi connectivity index (χ3v) is 4.87. The summed E-state index contributed by atoms with van der Waals surface area (Å²) in [6.07, 6.45) is 0.427. The Morgan fingerprint density at radius 2 is 1.83 bits per heavy atom. The van der Waals surface area contributed by atoms with Crippen molar-refractivity contribution in [1.29, 1.82) is 5.26 Å². The number of nitriles is 1. The maximum atomic E-state index is 12.3. The Labute approximate surface area is 181 Å². The molecule has 1 amide bonds. The SMILES string of the molecule is CC.CC.CC1(C)Oc2ccc(C#N)cc2C(N2CCCC2=O)C1OP(O)O.CO. The Balaban J connectivity index is 0.00000129. The summed E-state index contributed by atoms with van der Waals surface area (Å²) in [6.45, 7) is 12.1. The van der Waals surface area contributed by atoms with Crippen LogP contribution in [0.1, 0.15) is 71.6 Å². The highest BCUT2D eigenvalue weighted by molar-refractivity contribution is 7.39. The largest absolute Gasteiger partial charge is 0.485 e. The molecule has 0 spiro atoms. The molecule has 3 rings (SSSR count). The quantitative estimate of drug-likeness (QED) is 0.611. The molecular weight excluding hydrogens is 407 g/mol. The summed E-state index contributed by atoms with van der Waals surface area (Å²) in [5, 5.41) is 16.2. The minimum atomic E-state index is -2.62. The fourth-order valence-electron chi connectivity index (χ4n) is 3.41. The molecule has 0 aliphatic carbocycles. The van der Waals surface area contributed by atoms with Crippen molar-refractivity contribution in [3.63, 3.8) is 0 Å². The van der Waals surface area contributed by atoms with E-state index >= 15 is 0 Å². The molecule has 2 aliphatic rings. The number of aliphatic hydroxyl groups is 1. The lowest BCUT2D eigenvalue weighted by Crippen LogP contribution is -2.54. The zero-order valence-electron chi connectivity index (χ0n) is 18.9. The van der Waals surface area contributed by atoms with Crippen LogP contribution in [0.5, 0.6) is 5.75 Å². The van der Waals surface area contributed by atoms with Gasteiger partial charge >= 0.3 is 8.60 Å². The van der Waals surface area contributed by atoms with Gasteiger partial charge in [-0.15, -0.1) is 0 Å². The molecule has 2 atom stereocenters. The minimum absolute atomic E-state index is 0.0141. The van der Waals surface area contributed by atoms with Crippen molar-refractivity contribution in [2.45, 2.75) is 72.1 Å². The number of carbonyl (C=O) groups is 1. The van der Waals surface area contributed by atoms with Crippen molar-refractivity contribution in [1.82, 2.24) is 4.90 Å². The van der Waals surface area contributed by atoms with Crippen LogP contribution in [0.25, 0.3) is 0 Å². The number of carbonyl (C=O) groups excluding carboxylic acids is 1. The molecule has 1 aromatic carbocycles. The van der Waals surface area contributed by atoms with E-state index in [0.717, 1.165) is 13.5 Å². The number of aliphatic hydroxyl groups excluding tert-OH is 1. The van der Waals surface area contributed by atoms with Crippen LogP contribution in [-0.2, 0) is 9.32 Å². The Morgan fingerprint density at radius 3 is 2.30 bits per heavy atom. The summed E-state index contributed by atoms with van der Waals surface area (Å²) in [4.78, 5) is 32.8. The Bertz CT molecular complexity index is 705. The van der Waals surface area contributed by atoms with Crippen molar-refractivity contribution >= 4 is 14.5 Å². The first-order valence-corrected chi connectivity index (χ1v) is 11.3. The topological polar surface area (TPSA) is 123 Å². The lowest BCUT2D eigenvalue weighted by Gasteiger charge is -2.47. The second-order valence-electron chi connectivity index (χ2n) is 6.48. The summed E-state index contributed by atoms with van der Waals surface area (Å²) in [7, 11) is -1.62. The van der Waals surface area contributed by atoms with E-state index in [-0.39, 0.29) is 5.91 Å². The Kier molecular flexibility index (Phi) is 12.7. The van der Waals surface area contributed by atoms with E-state index in [1.54, 1.807) is 36.9 Å². The summed E-state index contributed by atoms with van der Waals surface area (Å²) in [5.41, 5.74) is 0.231. The number of hydrogen-bond donors (Lipinski definition) is 3.